The first-order valence-electron chi connectivity index (χ1n) is 19.2. The largest absolute Gasteiger partial charge is 0.494 e. The van der Waals surface area contributed by atoms with E-state index in [1.807, 2.05) is 24.3 Å². The summed E-state index contributed by atoms with van der Waals surface area (Å²) in [7, 11) is 0. The van der Waals surface area contributed by atoms with E-state index in [9.17, 15) is 9.59 Å². The van der Waals surface area contributed by atoms with Crippen molar-refractivity contribution in [3.05, 3.63) is 59.7 Å². The molecule has 2 atom stereocenters. The third-order valence-corrected chi connectivity index (χ3v) is 10.8. The van der Waals surface area contributed by atoms with Crippen molar-refractivity contribution in [3.8, 4) is 11.5 Å². The van der Waals surface area contributed by atoms with Crippen molar-refractivity contribution >= 4 is 11.9 Å². The highest BCUT2D eigenvalue weighted by Crippen LogP contribution is 2.35. The molecule has 0 bridgehead atoms. The molecule has 0 amide bonds. The van der Waals surface area contributed by atoms with Crippen LogP contribution >= 0.6 is 0 Å². The molecule has 2 aliphatic rings. The average molecular weight is 663 g/mol. The van der Waals surface area contributed by atoms with Crippen LogP contribution in [0.2, 0.25) is 0 Å². The maximum absolute atomic E-state index is 12.8. The molecule has 2 aliphatic carbocycles. The molecule has 0 unspecified atom stereocenters. The second-order valence-corrected chi connectivity index (χ2v) is 14.6. The molecule has 6 heteroatoms. The van der Waals surface area contributed by atoms with Gasteiger partial charge in [0.25, 0.3) is 0 Å². The number of rotatable bonds is 19. The van der Waals surface area contributed by atoms with Gasteiger partial charge in [-0.3, -0.25) is 0 Å². The molecule has 0 aromatic heterocycles. The maximum Gasteiger partial charge on any atom is 0.338 e. The van der Waals surface area contributed by atoms with E-state index in [0.29, 0.717) is 24.3 Å². The number of carbonyl (C=O) groups is 2. The van der Waals surface area contributed by atoms with Crippen molar-refractivity contribution in [1.29, 1.82) is 0 Å². The molecule has 0 N–H and O–H groups in total. The molecule has 2 saturated carbocycles. The Morgan fingerprint density at radius 1 is 0.542 bits per heavy atom. The van der Waals surface area contributed by atoms with Gasteiger partial charge in [0.15, 0.2) is 0 Å². The van der Waals surface area contributed by atoms with Crippen molar-refractivity contribution in [3.63, 3.8) is 0 Å². The Hall–Kier alpha value is -3.02. The Morgan fingerprint density at radius 2 is 0.854 bits per heavy atom. The summed E-state index contributed by atoms with van der Waals surface area (Å²) in [6.07, 6.45) is 19.7. The lowest BCUT2D eigenvalue weighted by Gasteiger charge is -2.28. The zero-order valence-corrected chi connectivity index (χ0v) is 30.3. The van der Waals surface area contributed by atoms with Gasteiger partial charge in [0.05, 0.1) is 24.3 Å². The Bertz CT molecular complexity index is 1100. The standard InChI is InChI=1S/C42H62O6/c1-5-9-33-13-17-35(18-14-33)11-7-29-45-39-25-21-37(22-26-39)41(43)47-31(3)32(4)48-42(44)38-23-27-40(28-24-38)46-30-8-12-36-19-15-34(10-6-2)16-20-36/h21-28,31-36H,5-20,29-30H2,1-4H3/t31-,32-,33-,34-,35-,36-/m1/s1. The molecule has 0 aliphatic heterocycles. The van der Waals surface area contributed by atoms with Crippen LogP contribution < -0.4 is 9.47 Å². The summed E-state index contributed by atoms with van der Waals surface area (Å²) in [6, 6.07) is 14.1. The van der Waals surface area contributed by atoms with E-state index < -0.39 is 24.1 Å². The average Bonchev–Trinajstić information content (AvgIpc) is 3.10. The van der Waals surface area contributed by atoms with Gasteiger partial charge in [-0.2, -0.15) is 0 Å². The van der Waals surface area contributed by atoms with Crippen LogP contribution in [-0.4, -0.2) is 37.4 Å². The normalized spacial score (nSPS) is 22.3. The van der Waals surface area contributed by atoms with Gasteiger partial charge in [0.2, 0.25) is 0 Å². The van der Waals surface area contributed by atoms with Gasteiger partial charge in [-0.05, 0) is 112 Å². The predicted molar refractivity (Wildman–Crippen MR) is 193 cm³/mol. The van der Waals surface area contributed by atoms with Crippen molar-refractivity contribution in [1.82, 2.24) is 0 Å². The zero-order chi connectivity index (χ0) is 34.1. The third-order valence-electron chi connectivity index (χ3n) is 10.8. The van der Waals surface area contributed by atoms with Crippen LogP contribution in [0, 0.1) is 23.7 Å². The van der Waals surface area contributed by atoms with Gasteiger partial charge in [-0.15, -0.1) is 0 Å². The van der Waals surface area contributed by atoms with Crippen LogP contribution in [0.25, 0.3) is 0 Å². The monoisotopic (exact) mass is 662 g/mol. The highest BCUT2D eigenvalue weighted by Gasteiger charge is 2.23. The first-order chi connectivity index (χ1) is 23.3. The van der Waals surface area contributed by atoms with E-state index in [4.69, 9.17) is 18.9 Å². The fourth-order valence-electron chi connectivity index (χ4n) is 7.60. The predicted octanol–water partition coefficient (Wildman–Crippen LogP) is 11.0. The van der Waals surface area contributed by atoms with Gasteiger partial charge >= 0.3 is 11.9 Å². The SMILES string of the molecule is CCC[C@H]1CC[C@H](CCCOc2ccc(C(=O)O[C@H](C)[C@@H](C)OC(=O)c3ccc(OCCC[C@H]4CC[C@H](CCC)CC4)cc3)cc2)CC1. The molecule has 4 rings (SSSR count). The van der Waals surface area contributed by atoms with E-state index in [-0.39, 0.29) is 0 Å². The van der Waals surface area contributed by atoms with Crippen LogP contribution in [-0.2, 0) is 9.47 Å². The minimum atomic E-state index is -0.612. The molecule has 6 nitrogen and oxygen atoms in total. The summed E-state index contributed by atoms with van der Waals surface area (Å²) in [5, 5.41) is 0. The molecule has 2 aromatic carbocycles. The molecular formula is C42H62O6. The van der Waals surface area contributed by atoms with Crippen LogP contribution in [0.5, 0.6) is 11.5 Å². The quantitative estimate of drug-likeness (QED) is 0.110. The van der Waals surface area contributed by atoms with Gasteiger partial charge in [-0.1, -0.05) is 90.9 Å². The molecule has 0 saturated heterocycles. The highest BCUT2D eigenvalue weighted by molar-refractivity contribution is 5.90. The summed E-state index contributed by atoms with van der Waals surface area (Å²) in [4.78, 5) is 25.6. The second kappa shape index (κ2) is 20.5. The number of esters is 2. The first-order valence-corrected chi connectivity index (χ1v) is 19.2. The molecule has 0 radical (unpaired) electrons. The smallest absolute Gasteiger partial charge is 0.338 e. The van der Waals surface area contributed by atoms with Crippen molar-refractivity contribution < 1.29 is 28.5 Å². The highest BCUT2D eigenvalue weighted by atomic mass is 16.6. The number of hydrogen-bond donors (Lipinski definition) is 0. The Morgan fingerprint density at radius 3 is 1.17 bits per heavy atom. The van der Waals surface area contributed by atoms with Gasteiger partial charge in [-0.25, -0.2) is 9.59 Å². The summed E-state index contributed by atoms with van der Waals surface area (Å²) in [6.45, 7) is 9.42. The number of benzene rings is 2. The van der Waals surface area contributed by atoms with Gasteiger partial charge in [0.1, 0.15) is 23.7 Å². The van der Waals surface area contributed by atoms with Crippen LogP contribution in [0.4, 0.5) is 0 Å². The van der Waals surface area contributed by atoms with Gasteiger partial charge in [0, 0.05) is 0 Å². The molecule has 2 fully saturated rings. The van der Waals surface area contributed by atoms with E-state index in [1.54, 1.807) is 38.1 Å². The summed E-state index contributed by atoms with van der Waals surface area (Å²) in [5.41, 5.74) is 0.873. The Balaban J connectivity index is 1.09. The molecule has 0 heterocycles. The maximum atomic E-state index is 12.8. The molecular weight excluding hydrogens is 600 g/mol. The lowest BCUT2D eigenvalue weighted by Crippen LogP contribution is -2.30. The lowest BCUT2D eigenvalue weighted by molar-refractivity contribution is -0.0239. The summed E-state index contributed by atoms with van der Waals surface area (Å²) >= 11 is 0. The van der Waals surface area contributed by atoms with Crippen molar-refractivity contribution in [2.24, 2.45) is 23.7 Å². The van der Waals surface area contributed by atoms with Gasteiger partial charge < -0.3 is 18.9 Å². The molecule has 266 valence electrons. The second-order valence-electron chi connectivity index (χ2n) is 14.6. The van der Waals surface area contributed by atoms with Crippen LogP contribution in [0.3, 0.4) is 0 Å². The topological polar surface area (TPSA) is 71.1 Å². The van der Waals surface area contributed by atoms with E-state index in [2.05, 4.69) is 13.8 Å². The minimum Gasteiger partial charge on any atom is -0.494 e. The van der Waals surface area contributed by atoms with E-state index in [1.165, 1.54) is 89.9 Å². The fourth-order valence-corrected chi connectivity index (χ4v) is 7.60. The molecule has 48 heavy (non-hydrogen) atoms. The Labute approximate surface area is 290 Å². The number of carbonyl (C=O) groups excluding carboxylic acids is 2. The molecule has 0 spiro atoms. The Kier molecular flexibility index (Phi) is 16.1. The summed E-state index contributed by atoms with van der Waals surface area (Å²) < 4.78 is 23.1. The van der Waals surface area contributed by atoms with E-state index in [0.717, 1.165) is 48.0 Å². The van der Waals surface area contributed by atoms with E-state index >= 15 is 0 Å². The van der Waals surface area contributed by atoms with Crippen molar-refractivity contribution in [2.45, 2.75) is 143 Å². The zero-order valence-electron chi connectivity index (χ0n) is 30.3. The number of hydrogen-bond acceptors (Lipinski definition) is 6. The minimum absolute atomic E-state index is 0.437. The fraction of sp³-hybridized carbons (Fsp3) is 0.667. The summed E-state index contributed by atoms with van der Waals surface area (Å²) in [5.74, 6) is 4.17. The third kappa shape index (κ3) is 12.8. The van der Waals surface area contributed by atoms with Crippen LogP contribution in [0.1, 0.15) is 151 Å². The van der Waals surface area contributed by atoms with Crippen LogP contribution in [0.15, 0.2) is 48.5 Å². The molecule has 2 aromatic rings. The number of ether oxygens (including phenoxy) is 4. The first kappa shape index (κ1) is 37.8. The lowest BCUT2D eigenvalue weighted by atomic mass is 9.78. The van der Waals surface area contributed by atoms with Crippen molar-refractivity contribution in [2.75, 3.05) is 13.2 Å².